The largest absolute Gasteiger partial charge is 0.320 e. The van der Waals surface area contributed by atoms with Gasteiger partial charge in [-0.2, -0.15) is 5.26 Å². The van der Waals surface area contributed by atoms with Crippen LogP contribution in [0.3, 0.4) is 0 Å². The molecule has 0 aliphatic rings. The van der Waals surface area contributed by atoms with Crippen LogP contribution in [-0.2, 0) is 0 Å². The second kappa shape index (κ2) is 5.01. The van der Waals surface area contributed by atoms with E-state index in [9.17, 15) is 9.18 Å². The highest BCUT2D eigenvalue weighted by Crippen LogP contribution is 2.10. The first-order valence-electron chi connectivity index (χ1n) is 4.97. The smallest absolute Gasteiger partial charge is 0.277 e. The van der Waals surface area contributed by atoms with Crippen molar-refractivity contribution in [1.82, 2.24) is 9.97 Å². The van der Waals surface area contributed by atoms with E-state index in [0.29, 0.717) is 5.69 Å². The van der Waals surface area contributed by atoms with E-state index in [1.807, 2.05) is 0 Å². The third-order valence-electron chi connectivity index (χ3n) is 2.12. The van der Waals surface area contributed by atoms with Gasteiger partial charge in [0.25, 0.3) is 5.91 Å². The fourth-order valence-corrected chi connectivity index (χ4v) is 1.29. The van der Waals surface area contributed by atoms with Gasteiger partial charge in [0.05, 0.1) is 5.56 Å². The highest BCUT2D eigenvalue weighted by Gasteiger charge is 2.14. The summed E-state index contributed by atoms with van der Waals surface area (Å²) in [5, 5.41) is 11.0. The number of rotatable bonds is 2. The molecule has 0 aliphatic carbocycles. The van der Waals surface area contributed by atoms with Crippen molar-refractivity contribution in [2.24, 2.45) is 0 Å². The minimum absolute atomic E-state index is 0.0629. The topological polar surface area (TPSA) is 78.7 Å². The van der Waals surface area contributed by atoms with E-state index in [0.717, 1.165) is 12.3 Å². The highest BCUT2D eigenvalue weighted by atomic mass is 19.1. The third-order valence-corrected chi connectivity index (χ3v) is 2.12. The van der Waals surface area contributed by atoms with E-state index >= 15 is 0 Å². The molecule has 2 aromatic heterocycles. The second-order valence-corrected chi connectivity index (χ2v) is 3.36. The van der Waals surface area contributed by atoms with Crippen molar-refractivity contribution in [2.45, 2.75) is 0 Å². The Bertz CT molecular complexity index is 622. The molecular weight excluding hydrogens is 235 g/mol. The number of pyridine rings is 2. The molecule has 0 atom stereocenters. The molecule has 18 heavy (non-hydrogen) atoms. The normalized spacial score (nSPS) is 9.56. The van der Waals surface area contributed by atoms with Crippen molar-refractivity contribution in [1.29, 1.82) is 5.26 Å². The molecule has 5 nitrogen and oxygen atoms in total. The molecule has 2 rings (SSSR count). The van der Waals surface area contributed by atoms with Gasteiger partial charge in [-0.1, -0.05) is 0 Å². The number of halogens is 1. The highest BCUT2D eigenvalue weighted by molar-refractivity contribution is 6.02. The standard InChI is InChI=1S/C12H7FN4O/c13-10-5-8(6-14)7-16-11(10)12(18)17-9-1-3-15-4-2-9/h1-5,7H,(H,15,17,18). The van der Waals surface area contributed by atoms with Crippen LogP contribution >= 0.6 is 0 Å². The van der Waals surface area contributed by atoms with Crippen LogP contribution in [0.5, 0.6) is 0 Å². The van der Waals surface area contributed by atoms with Gasteiger partial charge in [0.15, 0.2) is 11.5 Å². The van der Waals surface area contributed by atoms with E-state index in [4.69, 9.17) is 5.26 Å². The number of carbonyl (C=O) groups excluding carboxylic acids is 1. The fraction of sp³-hybridized carbons (Fsp3) is 0. The summed E-state index contributed by atoms with van der Waals surface area (Å²) in [7, 11) is 0. The van der Waals surface area contributed by atoms with Gasteiger partial charge in [-0.05, 0) is 18.2 Å². The molecule has 0 aromatic carbocycles. The van der Waals surface area contributed by atoms with Gasteiger partial charge in [-0.15, -0.1) is 0 Å². The maximum atomic E-state index is 13.5. The fourth-order valence-electron chi connectivity index (χ4n) is 1.29. The van der Waals surface area contributed by atoms with E-state index in [2.05, 4.69) is 15.3 Å². The minimum Gasteiger partial charge on any atom is -0.320 e. The van der Waals surface area contributed by atoms with E-state index < -0.39 is 11.7 Å². The van der Waals surface area contributed by atoms with Crippen LogP contribution < -0.4 is 5.32 Å². The number of nitrogens with zero attached hydrogens (tertiary/aromatic N) is 3. The lowest BCUT2D eigenvalue weighted by atomic mass is 10.2. The number of anilines is 1. The lowest BCUT2D eigenvalue weighted by Crippen LogP contribution is -2.15. The molecule has 0 spiro atoms. The molecule has 0 fully saturated rings. The van der Waals surface area contributed by atoms with E-state index in [1.54, 1.807) is 18.2 Å². The Balaban J connectivity index is 2.22. The summed E-state index contributed by atoms with van der Waals surface area (Å²) in [6, 6.07) is 5.85. The Kier molecular flexibility index (Phi) is 3.25. The molecule has 1 N–H and O–H groups in total. The molecule has 0 bridgehead atoms. The number of aromatic nitrogens is 2. The Morgan fingerprint density at radius 1 is 1.39 bits per heavy atom. The van der Waals surface area contributed by atoms with Gasteiger partial charge < -0.3 is 5.32 Å². The van der Waals surface area contributed by atoms with Crippen molar-refractivity contribution in [3.05, 3.63) is 53.9 Å². The molecule has 0 aliphatic heterocycles. The van der Waals surface area contributed by atoms with Crippen LogP contribution in [0.2, 0.25) is 0 Å². The predicted molar refractivity (Wildman–Crippen MR) is 61.1 cm³/mol. The number of hydrogen-bond acceptors (Lipinski definition) is 4. The second-order valence-electron chi connectivity index (χ2n) is 3.36. The van der Waals surface area contributed by atoms with Crippen molar-refractivity contribution in [3.8, 4) is 6.07 Å². The first-order chi connectivity index (χ1) is 8.70. The quantitative estimate of drug-likeness (QED) is 0.869. The number of amides is 1. The zero-order valence-electron chi connectivity index (χ0n) is 9.09. The number of nitriles is 1. The first-order valence-corrected chi connectivity index (χ1v) is 4.97. The van der Waals surface area contributed by atoms with Crippen LogP contribution in [0, 0.1) is 17.1 Å². The van der Waals surface area contributed by atoms with Crippen LogP contribution in [0.15, 0.2) is 36.8 Å². The van der Waals surface area contributed by atoms with Gasteiger partial charge in [0.2, 0.25) is 0 Å². The monoisotopic (exact) mass is 242 g/mol. The molecular formula is C12H7FN4O. The van der Waals surface area contributed by atoms with Gasteiger partial charge in [-0.3, -0.25) is 9.78 Å². The van der Waals surface area contributed by atoms with Crippen molar-refractivity contribution in [2.75, 3.05) is 5.32 Å². The zero-order chi connectivity index (χ0) is 13.0. The van der Waals surface area contributed by atoms with Gasteiger partial charge >= 0.3 is 0 Å². The predicted octanol–water partition coefficient (Wildman–Crippen LogP) is 1.74. The third kappa shape index (κ3) is 2.47. The lowest BCUT2D eigenvalue weighted by molar-refractivity contribution is 0.101. The summed E-state index contributed by atoms with van der Waals surface area (Å²) in [5.74, 6) is -1.51. The SMILES string of the molecule is N#Cc1cnc(C(=O)Nc2ccncc2)c(F)c1. The van der Waals surface area contributed by atoms with Crippen LogP contribution in [0.25, 0.3) is 0 Å². The minimum atomic E-state index is -0.833. The Morgan fingerprint density at radius 3 is 2.72 bits per heavy atom. The summed E-state index contributed by atoms with van der Waals surface area (Å²) in [6.07, 6.45) is 4.14. The number of carbonyl (C=O) groups is 1. The Morgan fingerprint density at radius 2 is 2.11 bits per heavy atom. The van der Waals surface area contributed by atoms with Gasteiger partial charge in [0, 0.05) is 24.3 Å². The molecule has 0 saturated carbocycles. The van der Waals surface area contributed by atoms with Crippen LogP contribution in [-0.4, -0.2) is 15.9 Å². The lowest BCUT2D eigenvalue weighted by Gasteiger charge is -2.04. The Hall–Kier alpha value is -2.81. The molecule has 6 heteroatoms. The zero-order valence-corrected chi connectivity index (χ0v) is 9.09. The summed E-state index contributed by atoms with van der Waals surface area (Å²) < 4.78 is 13.5. The van der Waals surface area contributed by atoms with Gasteiger partial charge in [0.1, 0.15) is 6.07 Å². The van der Waals surface area contributed by atoms with Crippen molar-refractivity contribution >= 4 is 11.6 Å². The maximum Gasteiger partial charge on any atom is 0.277 e. The van der Waals surface area contributed by atoms with E-state index in [1.165, 1.54) is 12.4 Å². The van der Waals surface area contributed by atoms with Crippen molar-refractivity contribution < 1.29 is 9.18 Å². The van der Waals surface area contributed by atoms with E-state index in [-0.39, 0.29) is 11.3 Å². The molecule has 2 heterocycles. The average molecular weight is 242 g/mol. The number of hydrogen-bond donors (Lipinski definition) is 1. The van der Waals surface area contributed by atoms with Gasteiger partial charge in [-0.25, -0.2) is 9.37 Å². The molecule has 88 valence electrons. The number of nitrogens with one attached hydrogen (secondary N) is 1. The van der Waals surface area contributed by atoms with Crippen molar-refractivity contribution in [3.63, 3.8) is 0 Å². The van der Waals surface area contributed by atoms with Crippen LogP contribution in [0.1, 0.15) is 16.1 Å². The summed E-state index contributed by atoms with van der Waals surface area (Å²) in [4.78, 5) is 19.1. The average Bonchev–Trinajstić information content (AvgIpc) is 2.39. The molecule has 1 amide bonds. The summed E-state index contributed by atoms with van der Waals surface area (Å²) in [5.41, 5.74) is 0.194. The molecule has 0 radical (unpaired) electrons. The summed E-state index contributed by atoms with van der Waals surface area (Å²) >= 11 is 0. The molecule has 2 aromatic rings. The maximum absolute atomic E-state index is 13.5. The molecule has 0 unspecified atom stereocenters. The molecule has 0 saturated heterocycles. The summed E-state index contributed by atoms with van der Waals surface area (Å²) in [6.45, 7) is 0. The Labute approximate surface area is 102 Å². The first kappa shape index (κ1) is 11.7. The van der Waals surface area contributed by atoms with Crippen LogP contribution in [0.4, 0.5) is 10.1 Å².